The zero-order valence-electron chi connectivity index (χ0n) is 8.51. The van der Waals surface area contributed by atoms with Gasteiger partial charge in [-0.25, -0.2) is 0 Å². The van der Waals surface area contributed by atoms with Crippen LogP contribution >= 0.6 is 0 Å². The molecular formula is C12H14N2. The second kappa shape index (κ2) is 3.29. The molecule has 0 aromatic carbocycles. The van der Waals surface area contributed by atoms with Crippen molar-refractivity contribution in [2.45, 2.75) is 19.4 Å². The minimum absolute atomic E-state index is 0.141. The summed E-state index contributed by atoms with van der Waals surface area (Å²) in [5, 5.41) is 4.27. The highest BCUT2D eigenvalue weighted by Crippen LogP contribution is 2.21. The van der Waals surface area contributed by atoms with Crippen LogP contribution in [-0.2, 0) is 5.54 Å². The van der Waals surface area contributed by atoms with E-state index in [9.17, 15) is 0 Å². The van der Waals surface area contributed by atoms with Crippen LogP contribution in [0.3, 0.4) is 0 Å². The smallest absolute Gasteiger partial charge is 0.0965 e. The van der Waals surface area contributed by atoms with Gasteiger partial charge in [-0.15, -0.1) is 0 Å². The van der Waals surface area contributed by atoms with Gasteiger partial charge in [0.2, 0.25) is 0 Å². The lowest BCUT2D eigenvalue weighted by Gasteiger charge is -2.22. The summed E-state index contributed by atoms with van der Waals surface area (Å²) in [7, 11) is 0. The predicted molar refractivity (Wildman–Crippen MR) is 57.9 cm³/mol. The van der Waals surface area contributed by atoms with Crippen molar-refractivity contribution >= 4 is 0 Å². The van der Waals surface area contributed by atoms with E-state index >= 15 is 0 Å². The molecular weight excluding hydrogens is 172 g/mol. The third kappa shape index (κ3) is 1.55. The van der Waals surface area contributed by atoms with Gasteiger partial charge in [0.1, 0.15) is 0 Å². The minimum atomic E-state index is -0.141. The van der Waals surface area contributed by atoms with Gasteiger partial charge in [0.05, 0.1) is 5.54 Å². The zero-order chi connectivity index (χ0) is 10.0. The van der Waals surface area contributed by atoms with Crippen LogP contribution in [0.25, 0.3) is 0 Å². The summed E-state index contributed by atoms with van der Waals surface area (Å²) in [6.07, 6.45) is 14.4. The van der Waals surface area contributed by atoms with Crippen molar-refractivity contribution in [3.63, 3.8) is 0 Å². The van der Waals surface area contributed by atoms with E-state index in [1.807, 2.05) is 16.9 Å². The Labute approximate surface area is 84.2 Å². The summed E-state index contributed by atoms with van der Waals surface area (Å²) in [6, 6.07) is 1.94. The van der Waals surface area contributed by atoms with Crippen molar-refractivity contribution in [1.29, 1.82) is 0 Å². The van der Waals surface area contributed by atoms with Crippen molar-refractivity contribution in [3.8, 4) is 0 Å². The van der Waals surface area contributed by atoms with Gasteiger partial charge in [-0.05, 0) is 19.9 Å². The Balaban J connectivity index is 2.40. The van der Waals surface area contributed by atoms with Crippen molar-refractivity contribution in [2.24, 2.45) is 0 Å². The Hall–Kier alpha value is -1.57. The van der Waals surface area contributed by atoms with Crippen LogP contribution in [-0.4, -0.2) is 9.78 Å². The molecule has 0 N–H and O–H groups in total. The Kier molecular flexibility index (Phi) is 2.12. The van der Waals surface area contributed by atoms with Gasteiger partial charge in [0.25, 0.3) is 0 Å². The lowest BCUT2D eigenvalue weighted by molar-refractivity contribution is 0.458. The molecule has 0 bridgehead atoms. The first-order valence-corrected chi connectivity index (χ1v) is 4.76. The molecule has 0 aliphatic heterocycles. The molecule has 2 rings (SSSR count). The number of nitrogens with zero attached hydrogens (tertiary/aromatic N) is 2. The van der Waals surface area contributed by atoms with Crippen LogP contribution in [0, 0.1) is 0 Å². The van der Waals surface area contributed by atoms with E-state index in [0.29, 0.717) is 0 Å². The molecule has 0 spiro atoms. The predicted octanol–water partition coefficient (Wildman–Crippen LogP) is 2.67. The topological polar surface area (TPSA) is 17.8 Å². The van der Waals surface area contributed by atoms with E-state index in [1.165, 1.54) is 5.57 Å². The van der Waals surface area contributed by atoms with E-state index in [2.05, 4.69) is 49.3 Å². The largest absolute Gasteiger partial charge is 0.259 e. The first-order chi connectivity index (χ1) is 6.71. The first kappa shape index (κ1) is 9.00. The monoisotopic (exact) mass is 186 g/mol. The molecule has 0 amide bonds. The maximum Gasteiger partial charge on any atom is 0.0965 e. The van der Waals surface area contributed by atoms with Crippen molar-refractivity contribution < 1.29 is 0 Å². The van der Waals surface area contributed by atoms with Gasteiger partial charge in [-0.2, -0.15) is 5.10 Å². The molecule has 0 saturated heterocycles. The van der Waals surface area contributed by atoms with E-state index in [1.54, 1.807) is 6.20 Å². The highest BCUT2D eigenvalue weighted by Gasteiger charge is 2.19. The second-order valence-electron chi connectivity index (χ2n) is 3.78. The fourth-order valence-corrected chi connectivity index (χ4v) is 1.51. The van der Waals surface area contributed by atoms with Crippen LogP contribution in [0.15, 0.2) is 54.4 Å². The van der Waals surface area contributed by atoms with Crippen molar-refractivity contribution in [3.05, 3.63) is 54.4 Å². The average molecular weight is 186 g/mol. The summed E-state index contributed by atoms with van der Waals surface area (Å²) in [5.74, 6) is 0. The molecule has 1 atom stereocenters. The molecule has 72 valence electrons. The Morgan fingerprint density at radius 1 is 1.36 bits per heavy atom. The van der Waals surface area contributed by atoms with E-state index in [-0.39, 0.29) is 5.54 Å². The number of hydrogen-bond donors (Lipinski definition) is 0. The lowest BCUT2D eigenvalue weighted by Crippen LogP contribution is -2.25. The van der Waals surface area contributed by atoms with Gasteiger partial charge in [0, 0.05) is 12.4 Å². The third-order valence-electron chi connectivity index (χ3n) is 2.47. The molecule has 2 nitrogen and oxygen atoms in total. The molecule has 0 saturated carbocycles. The fourth-order valence-electron chi connectivity index (χ4n) is 1.51. The molecule has 2 heteroatoms. The van der Waals surface area contributed by atoms with Gasteiger partial charge >= 0.3 is 0 Å². The van der Waals surface area contributed by atoms with Crippen LogP contribution in [0.4, 0.5) is 0 Å². The summed E-state index contributed by atoms with van der Waals surface area (Å²) in [4.78, 5) is 0. The molecule has 0 radical (unpaired) electrons. The molecule has 1 aromatic heterocycles. The van der Waals surface area contributed by atoms with Gasteiger partial charge in [0.15, 0.2) is 0 Å². The highest BCUT2D eigenvalue weighted by atomic mass is 15.3. The molecule has 0 fully saturated rings. The van der Waals surface area contributed by atoms with Crippen molar-refractivity contribution in [2.75, 3.05) is 0 Å². The maximum atomic E-state index is 4.27. The highest BCUT2D eigenvalue weighted by molar-refractivity contribution is 5.31. The quantitative estimate of drug-likeness (QED) is 0.659. The Morgan fingerprint density at radius 3 is 2.93 bits per heavy atom. The SMILES string of the molecule is CC1=CC=CC(C)(n2cccn2)C=C1. The number of aromatic nitrogens is 2. The maximum absolute atomic E-state index is 4.27. The number of hydrogen-bond acceptors (Lipinski definition) is 1. The van der Waals surface area contributed by atoms with E-state index in [4.69, 9.17) is 0 Å². The van der Waals surface area contributed by atoms with Crippen LogP contribution < -0.4 is 0 Å². The summed E-state index contributed by atoms with van der Waals surface area (Å²) >= 11 is 0. The normalized spacial score (nSPS) is 26.0. The molecule has 14 heavy (non-hydrogen) atoms. The standard InChI is InChI=1S/C12H14N2/c1-11-5-3-7-12(2,8-6-11)14-10-4-9-13-14/h3-10H,1-2H3. The lowest BCUT2D eigenvalue weighted by atomic mass is 10.0. The Bertz CT molecular complexity index is 396. The summed E-state index contributed by atoms with van der Waals surface area (Å²) in [5.41, 5.74) is 1.12. The first-order valence-electron chi connectivity index (χ1n) is 4.76. The molecule has 1 aliphatic carbocycles. The van der Waals surface area contributed by atoms with Crippen LogP contribution in [0.1, 0.15) is 13.8 Å². The van der Waals surface area contributed by atoms with Gasteiger partial charge in [-0.3, -0.25) is 4.68 Å². The third-order valence-corrected chi connectivity index (χ3v) is 2.47. The minimum Gasteiger partial charge on any atom is -0.259 e. The average Bonchev–Trinajstić information content (AvgIpc) is 2.63. The summed E-state index contributed by atoms with van der Waals surface area (Å²) < 4.78 is 1.95. The van der Waals surface area contributed by atoms with E-state index < -0.39 is 0 Å². The number of rotatable bonds is 1. The number of allylic oxidation sites excluding steroid dienone is 6. The fraction of sp³-hybridized carbons (Fsp3) is 0.250. The molecule has 1 aromatic rings. The van der Waals surface area contributed by atoms with Crippen LogP contribution in [0.2, 0.25) is 0 Å². The second-order valence-corrected chi connectivity index (χ2v) is 3.78. The van der Waals surface area contributed by atoms with Gasteiger partial charge in [-0.1, -0.05) is 36.0 Å². The van der Waals surface area contributed by atoms with Crippen molar-refractivity contribution in [1.82, 2.24) is 9.78 Å². The summed E-state index contributed by atoms with van der Waals surface area (Å²) in [6.45, 7) is 4.23. The zero-order valence-corrected chi connectivity index (χ0v) is 8.51. The van der Waals surface area contributed by atoms with E-state index in [0.717, 1.165) is 0 Å². The molecule has 1 aliphatic rings. The van der Waals surface area contributed by atoms with Crippen LogP contribution in [0.5, 0.6) is 0 Å². The Morgan fingerprint density at radius 2 is 2.21 bits per heavy atom. The molecule has 1 heterocycles. The van der Waals surface area contributed by atoms with Gasteiger partial charge < -0.3 is 0 Å². The molecule has 1 unspecified atom stereocenters.